The highest BCUT2D eigenvalue weighted by Gasteiger charge is 2.56. The number of nitrogens with zero attached hydrogens (tertiary/aromatic N) is 1. The topological polar surface area (TPSA) is 61.8 Å². The minimum absolute atomic E-state index is 0.0915. The van der Waals surface area contributed by atoms with Crippen LogP contribution < -0.4 is 5.32 Å². The van der Waals surface area contributed by atoms with Crippen molar-refractivity contribution in [3.8, 4) is 0 Å². The highest BCUT2D eigenvalue weighted by atomic mass is 16.5. The van der Waals surface area contributed by atoms with Crippen LogP contribution in [0.1, 0.15) is 41.1 Å². The van der Waals surface area contributed by atoms with Crippen LogP contribution in [0.4, 0.5) is 0 Å². The van der Waals surface area contributed by atoms with E-state index in [1.165, 1.54) is 0 Å². The predicted molar refractivity (Wildman–Crippen MR) is 103 cm³/mol. The van der Waals surface area contributed by atoms with Crippen molar-refractivity contribution in [1.29, 1.82) is 0 Å². The first-order valence-corrected chi connectivity index (χ1v) is 9.59. The molecule has 1 heterocycles. The number of carbonyl (C=O) groups excluding carboxylic acids is 1. The summed E-state index contributed by atoms with van der Waals surface area (Å²) in [5.74, 6) is 0.246. The quantitative estimate of drug-likeness (QED) is 0.754. The average molecular weight is 366 g/mol. The molecule has 2 N–H and O–H groups in total. The van der Waals surface area contributed by atoms with Gasteiger partial charge in [0.2, 0.25) is 0 Å². The van der Waals surface area contributed by atoms with E-state index in [4.69, 9.17) is 4.74 Å². The number of hydrogen-bond acceptors (Lipinski definition) is 4. The van der Waals surface area contributed by atoms with Gasteiger partial charge in [-0.15, -0.1) is 0 Å². The van der Waals surface area contributed by atoms with E-state index in [9.17, 15) is 9.90 Å². The number of amides is 1. The lowest BCUT2D eigenvalue weighted by molar-refractivity contribution is 0.00915. The van der Waals surface area contributed by atoms with E-state index >= 15 is 0 Å². The molecule has 5 heteroatoms. The van der Waals surface area contributed by atoms with E-state index in [1.54, 1.807) is 11.0 Å². The van der Waals surface area contributed by atoms with Gasteiger partial charge in [0.15, 0.2) is 6.23 Å². The Labute approximate surface area is 160 Å². The van der Waals surface area contributed by atoms with Crippen molar-refractivity contribution < 1.29 is 14.6 Å². The minimum atomic E-state index is -0.865. The van der Waals surface area contributed by atoms with Crippen molar-refractivity contribution in [2.45, 2.75) is 31.7 Å². The van der Waals surface area contributed by atoms with Crippen LogP contribution in [0.3, 0.4) is 0 Å². The van der Waals surface area contributed by atoms with Gasteiger partial charge >= 0.3 is 0 Å². The Morgan fingerprint density at radius 1 is 1.19 bits per heavy atom. The number of aliphatic hydroxyl groups excluding tert-OH is 1. The Morgan fingerprint density at radius 2 is 1.93 bits per heavy atom. The predicted octanol–water partition coefficient (Wildman–Crippen LogP) is 2.72. The molecule has 1 aliphatic carbocycles. The smallest absolute Gasteiger partial charge is 0.256 e. The zero-order chi connectivity index (χ0) is 18.9. The summed E-state index contributed by atoms with van der Waals surface area (Å²) in [7, 11) is 0. The first-order chi connectivity index (χ1) is 13.1. The van der Waals surface area contributed by atoms with E-state index < -0.39 is 6.23 Å². The van der Waals surface area contributed by atoms with E-state index in [2.05, 4.69) is 24.4 Å². The van der Waals surface area contributed by atoms with Gasteiger partial charge in [-0.2, -0.15) is 0 Å². The molecule has 0 aromatic heterocycles. The van der Waals surface area contributed by atoms with Crippen molar-refractivity contribution in [2.75, 3.05) is 19.7 Å². The fourth-order valence-corrected chi connectivity index (χ4v) is 4.12. The molecule has 0 bridgehead atoms. The summed E-state index contributed by atoms with van der Waals surface area (Å²) >= 11 is 0. The zero-order valence-electron chi connectivity index (χ0n) is 15.6. The van der Waals surface area contributed by atoms with Gasteiger partial charge < -0.3 is 20.1 Å². The highest BCUT2D eigenvalue weighted by molar-refractivity contribution is 5.99. The largest absolute Gasteiger partial charge is 0.376 e. The molecule has 0 saturated heterocycles. The fraction of sp³-hybridized carbons (Fsp3) is 0.409. The Kier molecular flexibility index (Phi) is 5.00. The van der Waals surface area contributed by atoms with Gasteiger partial charge in [0.05, 0.1) is 13.2 Å². The molecule has 1 aliphatic heterocycles. The van der Waals surface area contributed by atoms with Gasteiger partial charge in [0.1, 0.15) is 0 Å². The Hall–Kier alpha value is -2.21. The van der Waals surface area contributed by atoms with Crippen LogP contribution in [-0.4, -0.2) is 41.1 Å². The number of carbonyl (C=O) groups is 1. The monoisotopic (exact) mass is 366 g/mol. The summed E-state index contributed by atoms with van der Waals surface area (Å²) in [4.78, 5) is 14.3. The number of rotatable bonds is 8. The Morgan fingerprint density at radius 3 is 2.67 bits per heavy atom. The Balaban J connectivity index is 1.38. The van der Waals surface area contributed by atoms with Gasteiger partial charge in [0, 0.05) is 29.1 Å². The lowest BCUT2D eigenvalue weighted by Gasteiger charge is -2.28. The molecule has 1 saturated carbocycles. The van der Waals surface area contributed by atoms with Crippen LogP contribution in [0.5, 0.6) is 0 Å². The minimum Gasteiger partial charge on any atom is -0.376 e. The number of likely N-dealkylation sites (N-methyl/N-ethyl adjacent to an activating group) is 1. The summed E-state index contributed by atoms with van der Waals surface area (Å²) < 4.78 is 5.92. The van der Waals surface area contributed by atoms with Crippen LogP contribution in [0.25, 0.3) is 0 Å². The van der Waals surface area contributed by atoms with Crippen LogP contribution in [0.2, 0.25) is 0 Å². The molecule has 0 spiro atoms. The number of ether oxygens (including phenoxy) is 1. The SMILES string of the molecule is CCN[C@@]1(CN2C(=O)c3ccccc3C2O)C[C@@H]1COCc1ccccc1. The maximum atomic E-state index is 12.7. The van der Waals surface area contributed by atoms with Gasteiger partial charge in [-0.3, -0.25) is 4.79 Å². The van der Waals surface area contributed by atoms with Gasteiger partial charge in [-0.05, 0) is 24.6 Å². The second-order valence-electron chi connectivity index (χ2n) is 7.48. The Bertz CT molecular complexity index is 810. The molecule has 1 unspecified atom stereocenters. The van der Waals surface area contributed by atoms with Crippen molar-refractivity contribution in [2.24, 2.45) is 5.92 Å². The maximum absolute atomic E-state index is 12.7. The van der Waals surface area contributed by atoms with Crippen molar-refractivity contribution in [3.05, 3.63) is 71.3 Å². The van der Waals surface area contributed by atoms with Crippen molar-refractivity contribution in [3.63, 3.8) is 0 Å². The van der Waals surface area contributed by atoms with Gasteiger partial charge in [-0.1, -0.05) is 55.5 Å². The third-order valence-electron chi connectivity index (χ3n) is 5.67. The molecular formula is C22H26N2O3. The number of hydrogen-bond donors (Lipinski definition) is 2. The molecule has 3 atom stereocenters. The molecule has 2 aromatic carbocycles. The van der Waals surface area contributed by atoms with Crippen molar-refractivity contribution in [1.82, 2.24) is 10.2 Å². The van der Waals surface area contributed by atoms with Gasteiger partial charge in [0.25, 0.3) is 5.91 Å². The van der Waals surface area contributed by atoms with E-state index in [1.807, 2.05) is 36.4 Å². The van der Waals surface area contributed by atoms with E-state index in [0.29, 0.717) is 36.8 Å². The number of aliphatic hydroxyl groups is 1. The molecule has 1 amide bonds. The molecule has 142 valence electrons. The molecule has 1 fully saturated rings. The summed E-state index contributed by atoms with van der Waals surface area (Å²) in [6.07, 6.45) is 0.0818. The van der Waals surface area contributed by atoms with E-state index in [0.717, 1.165) is 18.5 Å². The van der Waals surface area contributed by atoms with Crippen molar-refractivity contribution >= 4 is 5.91 Å². The number of nitrogens with one attached hydrogen (secondary N) is 1. The average Bonchev–Trinajstić information content (AvgIpc) is 3.32. The first kappa shape index (κ1) is 18.2. The zero-order valence-corrected chi connectivity index (χ0v) is 15.6. The van der Waals surface area contributed by atoms with Gasteiger partial charge in [-0.25, -0.2) is 0 Å². The molecule has 2 aromatic rings. The molecule has 27 heavy (non-hydrogen) atoms. The van der Waals surface area contributed by atoms with E-state index in [-0.39, 0.29) is 11.4 Å². The first-order valence-electron chi connectivity index (χ1n) is 9.59. The highest BCUT2D eigenvalue weighted by Crippen LogP contribution is 2.46. The standard InChI is InChI=1S/C22H26N2O3/c1-2-23-22(12-17(22)14-27-13-16-8-4-3-5-9-16)15-24-20(25)18-10-6-7-11-19(18)21(24)26/h3-11,17,20,23,25H,2,12-15H2,1H3/t17-,20?,22-/m1/s1. The second-order valence-corrected chi connectivity index (χ2v) is 7.48. The molecule has 2 aliphatic rings. The second kappa shape index (κ2) is 7.43. The summed E-state index contributed by atoms with van der Waals surface area (Å²) in [5.41, 5.74) is 2.29. The molecule has 0 radical (unpaired) electrons. The third kappa shape index (κ3) is 3.50. The van der Waals surface area contributed by atoms with Crippen LogP contribution in [-0.2, 0) is 11.3 Å². The summed E-state index contributed by atoms with van der Waals surface area (Å²) in [5, 5.41) is 14.2. The third-order valence-corrected chi connectivity index (χ3v) is 5.67. The molecule has 4 rings (SSSR count). The number of benzene rings is 2. The number of fused-ring (bicyclic) bond motifs is 1. The van der Waals surface area contributed by atoms with Crippen LogP contribution in [0.15, 0.2) is 54.6 Å². The van der Waals surface area contributed by atoms with Crippen LogP contribution in [0, 0.1) is 5.92 Å². The fourth-order valence-electron chi connectivity index (χ4n) is 4.12. The normalized spacial score (nSPS) is 26.3. The lowest BCUT2D eigenvalue weighted by atomic mass is 10.1. The van der Waals surface area contributed by atoms with Crippen LogP contribution >= 0.6 is 0 Å². The summed E-state index contributed by atoms with van der Waals surface area (Å²) in [6, 6.07) is 17.4. The maximum Gasteiger partial charge on any atom is 0.256 e. The lowest BCUT2D eigenvalue weighted by Crippen LogP contribution is -2.46. The molecular weight excluding hydrogens is 340 g/mol. The molecule has 5 nitrogen and oxygen atoms in total. The summed E-state index contributed by atoms with van der Waals surface area (Å²) in [6.45, 7) is 4.62.